The standard InChI is InChI=1S/C18H27N3O3.ClH/c1-4-24-16-10-13(18(23)21(2)3)8-9-15(16)20-17(22)11-12-6-5-7-14(12)19;/h8-10,12,14H,4-7,11,19H2,1-3H3,(H,20,22);1H/t12-,14+;/m0./s1. The summed E-state index contributed by atoms with van der Waals surface area (Å²) in [7, 11) is 3.40. The number of amides is 2. The Balaban J connectivity index is 0.00000312. The zero-order chi connectivity index (χ0) is 17.7. The van der Waals surface area contributed by atoms with Gasteiger partial charge in [0.2, 0.25) is 5.91 Å². The average molecular weight is 370 g/mol. The van der Waals surface area contributed by atoms with E-state index in [2.05, 4.69) is 5.32 Å². The van der Waals surface area contributed by atoms with E-state index in [1.54, 1.807) is 32.3 Å². The summed E-state index contributed by atoms with van der Waals surface area (Å²) in [5.41, 5.74) is 7.15. The number of benzene rings is 1. The van der Waals surface area contributed by atoms with E-state index in [-0.39, 0.29) is 36.2 Å². The van der Waals surface area contributed by atoms with Crippen molar-refractivity contribution in [1.82, 2.24) is 4.90 Å². The van der Waals surface area contributed by atoms with Crippen LogP contribution in [0.15, 0.2) is 18.2 Å². The number of hydrogen-bond acceptors (Lipinski definition) is 4. The molecule has 3 N–H and O–H groups in total. The molecule has 0 spiro atoms. The van der Waals surface area contributed by atoms with E-state index in [1.165, 1.54) is 4.90 Å². The molecule has 6 nitrogen and oxygen atoms in total. The Labute approximate surface area is 155 Å². The molecule has 2 amide bonds. The lowest BCUT2D eigenvalue weighted by Gasteiger charge is -2.17. The minimum Gasteiger partial charge on any atom is -0.492 e. The van der Waals surface area contributed by atoms with E-state index in [0.29, 0.717) is 30.0 Å². The lowest BCUT2D eigenvalue weighted by atomic mass is 10.00. The molecule has 1 aromatic carbocycles. The highest BCUT2D eigenvalue weighted by atomic mass is 35.5. The van der Waals surface area contributed by atoms with Gasteiger partial charge in [-0.3, -0.25) is 9.59 Å². The molecule has 0 aromatic heterocycles. The van der Waals surface area contributed by atoms with E-state index >= 15 is 0 Å². The number of carbonyl (C=O) groups is 2. The summed E-state index contributed by atoms with van der Waals surface area (Å²) in [5, 5.41) is 2.89. The molecule has 0 radical (unpaired) electrons. The fourth-order valence-corrected chi connectivity index (χ4v) is 3.05. The molecule has 140 valence electrons. The van der Waals surface area contributed by atoms with Crippen molar-refractivity contribution in [1.29, 1.82) is 0 Å². The van der Waals surface area contributed by atoms with Crippen LogP contribution in [0.5, 0.6) is 5.75 Å². The Morgan fingerprint density at radius 1 is 1.32 bits per heavy atom. The number of nitrogens with two attached hydrogens (primary N) is 1. The molecule has 1 fully saturated rings. The highest BCUT2D eigenvalue weighted by Gasteiger charge is 2.26. The molecule has 0 unspecified atom stereocenters. The fraction of sp³-hybridized carbons (Fsp3) is 0.556. The third-order valence-corrected chi connectivity index (χ3v) is 4.37. The van der Waals surface area contributed by atoms with Gasteiger partial charge in [0.15, 0.2) is 0 Å². The molecular formula is C18H28ClN3O3. The smallest absolute Gasteiger partial charge is 0.253 e. The first-order valence-electron chi connectivity index (χ1n) is 8.46. The molecule has 0 aliphatic heterocycles. The Bertz CT molecular complexity index is 607. The molecular weight excluding hydrogens is 342 g/mol. The van der Waals surface area contributed by atoms with Gasteiger partial charge in [0, 0.05) is 32.1 Å². The molecule has 1 aliphatic rings. The Morgan fingerprint density at radius 2 is 2.04 bits per heavy atom. The molecule has 0 bridgehead atoms. The van der Waals surface area contributed by atoms with Crippen molar-refractivity contribution in [3.8, 4) is 5.75 Å². The van der Waals surface area contributed by atoms with Crippen LogP contribution in [0.3, 0.4) is 0 Å². The van der Waals surface area contributed by atoms with Crippen molar-refractivity contribution < 1.29 is 14.3 Å². The summed E-state index contributed by atoms with van der Waals surface area (Å²) in [6.07, 6.45) is 3.50. The highest BCUT2D eigenvalue weighted by molar-refractivity contribution is 5.97. The maximum Gasteiger partial charge on any atom is 0.253 e. The van der Waals surface area contributed by atoms with E-state index < -0.39 is 0 Å². The third-order valence-electron chi connectivity index (χ3n) is 4.37. The van der Waals surface area contributed by atoms with Gasteiger partial charge in [-0.05, 0) is 43.9 Å². The van der Waals surface area contributed by atoms with Crippen LogP contribution in [-0.2, 0) is 4.79 Å². The van der Waals surface area contributed by atoms with Gasteiger partial charge in [-0.2, -0.15) is 0 Å². The van der Waals surface area contributed by atoms with E-state index in [4.69, 9.17) is 10.5 Å². The van der Waals surface area contributed by atoms with E-state index in [9.17, 15) is 9.59 Å². The quantitative estimate of drug-likeness (QED) is 0.807. The fourth-order valence-electron chi connectivity index (χ4n) is 3.05. The number of hydrogen-bond donors (Lipinski definition) is 2. The van der Waals surface area contributed by atoms with Crippen LogP contribution in [0.2, 0.25) is 0 Å². The maximum absolute atomic E-state index is 12.3. The van der Waals surface area contributed by atoms with Gasteiger partial charge in [0.1, 0.15) is 5.75 Å². The second-order valence-corrected chi connectivity index (χ2v) is 6.45. The molecule has 1 aliphatic carbocycles. The second-order valence-electron chi connectivity index (χ2n) is 6.45. The average Bonchev–Trinajstić information content (AvgIpc) is 2.93. The summed E-state index contributed by atoms with van der Waals surface area (Å²) in [5.74, 6) is 0.583. The predicted molar refractivity (Wildman–Crippen MR) is 101 cm³/mol. The molecule has 7 heteroatoms. The van der Waals surface area contributed by atoms with Crippen molar-refractivity contribution in [3.05, 3.63) is 23.8 Å². The predicted octanol–water partition coefficient (Wildman–Crippen LogP) is 2.66. The lowest BCUT2D eigenvalue weighted by molar-refractivity contribution is -0.117. The molecule has 1 saturated carbocycles. The van der Waals surface area contributed by atoms with Gasteiger partial charge < -0.3 is 20.7 Å². The molecule has 2 atom stereocenters. The number of nitrogens with zero attached hydrogens (tertiary/aromatic N) is 1. The molecule has 2 rings (SSSR count). The topological polar surface area (TPSA) is 84.7 Å². The van der Waals surface area contributed by atoms with Crippen LogP contribution in [0.25, 0.3) is 0 Å². The lowest BCUT2D eigenvalue weighted by Crippen LogP contribution is -2.28. The first-order chi connectivity index (χ1) is 11.4. The van der Waals surface area contributed by atoms with Crippen molar-refractivity contribution in [2.45, 2.75) is 38.6 Å². The highest BCUT2D eigenvalue weighted by Crippen LogP contribution is 2.29. The van der Waals surface area contributed by atoms with Crippen molar-refractivity contribution >= 4 is 29.9 Å². The van der Waals surface area contributed by atoms with Crippen molar-refractivity contribution in [3.63, 3.8) is 0 Å². The minimum absolute atomic E-state index is 0. The van der Waals surface area contributed by atoms with Gasteiger partial charge in [-0.1, -0.05) is 6.42 Å². The van der Waals surface area contributed by atoms with Crippen LogP contribution < -0.4 is 15.8 Å². The van der Waals surface area contributed by atoms with Gasteiger partial charge >= 0.3 is 0 Å². The van der Waals surface area contributed by atoms with E-state index in [0.717, 1.165) is 19.3 Å². The minimum atomic E-state index is -0.106. The number of nitrogens with one attached hydrogen (secondary N) is 1. The van der Waals surface area contributed by atoms with Crippen LogP contribution in [-0.4, -0.2) is 43.5 Å². The van der Waals surface area contributed by atoms with Crippen molar-refractivity contribution in [2.75, 3.05) is 26.0 Å². The normalized spacial score (nSPS) is 19.0. The van der Waals surface area contributed by atoms with Gasteiger partial charge in [-0.15, -0.1) is 12.4 Å². The number of ether oxygens (including phenoxy) is 1. The third kappa shape index (κ3) is 5.61. The first-order valence-corrected chi connectivity index (χ1v) is 8.46. The van der Waals surface area contributed by atoms with E-state index in [1.807, 2.05) is 6.92 Å². The maximum atomic E-state index is 12.3. The monoisotopic (exact) mass is 369 g/mol. The van der Waals surface area contributed by atoms with Crippen LogP contribution in [0.4, 0.5) is 5.69 Å². The summed E-state index contributed by atoms with van der Waals surface area (Å²) in [6.45, 7) is 2.32. The molecule has 1 aromatic rings. The Hall–Kier alpha value is -1.79. The zero-order valence-corrected chi connectivity index (χ0v) is 15.9. The number of halogens is 1. The van der Waals surface area contributed by atoms with Gasteiger partial charge in [0.25, 0.3) is 5.91 Å². The van der Waals surface area contributed by atoms with Crippen molar-refractivity contribution in [2.24, 2.45) is 11.7 Å². The van der Waals surface area contributed by atoms with Crippen LogP contribution in [0, 0.1) is 5.92 Å². The SMILES string of the molecule is CCOc1cc(C(=O)N(C)C)ccc1NC(=O)C[C@@H]1CCC[C@H]1N.Cl. The Morgan fingerprint density at radius 3 is 2.60 bits per heavy atom. The number of carbonyl (C=O) groups excluding carboxylic acids is 2. The number of rotatable bonds is 6. The summed E-state index contributed by atoms with van der Waals surface area (Å²) in [6, 6.07) is 5.20. The summed E-state index contributed by atoms with van der Waals surface area (Å²) in [4.78, 5) is 25.9. The molecule has 25 heavy (non-hydrogen) atoms. The summed E-state index contributed by atoms with van der Waals surface area (Å²) >= 11 is 0. The largest absolute Gasteiger partial charge is 0.492 e. The second kappa shape index (κ2) is 9.63. The Kier molecular flexibility index (Phi) is 8.19. The first kappa shape index (κ1) is 21.3. The molecule has 0 heterocycles. The summed E-state index contributed by atoms with van der Waals surface area (Å²) < 4.78 is 5.59. The molecule has 0 saturated heterocycles. The van der Waals surface area contributed by atoms with Gasteiger partial charge in [-0.25, -0.2) is 0 Å². The van der Waals surface area contributed by atoms with Crippen LogP contribution >= 0.6 is 12.4 Å². The number of anilines is 1. The van der Waals surface area contributed by atoms with Gasteiger partial charge in [0.05, 0.1) is 12.3 Å². The zero-order valence-electron chi connectivity index (χ0n) is 15.1. The van der Waals surface area contributed by atoms with Crippen LogP contribution in [0.1, 0.15) is 43.0 Å².